The van der Waals surface area contributed by atoms with Gasteiger partial charge in [0.15, 0.2) is 9.84 Å². The Labute approximate surface area is 119 Å². The van der Waals surface area contributed by atoms with Crippen molar-refractivity contribution in [3.63, 3.8) is 0 Å². The average molecular weight is 318 g/mol. The third kappa shape index (κ3) is 3.31. The number of hydrogen-bond acceptors (Lipinski definition) is 5. The molecule has 1 N–H and O–H groups in total. The summed E-state index contributed by atoms with van der Waals surface area (Å²) in [6, 6.07) is 6.24. The van der Waals surface area contributed by atoms with Gasteiger partial charge in [-0.3, -0.25) is 0 Å². The number of sulfonamides is 1. The SMILES string of the molecule is CN(C)S(=O)(=O)c1ccc(NC2CCS(=O)(=O)C2)cc1. The molecule has 6 nitrogen and oxygen atoms in total. The summed E-state index contributed by atoms with van der Waals surface area (Å²) in [5.41, 5.74) is 0.727. The van der Waals surface area contributed by atoms with Gasteiger partial charge in [-0.2, -0.15) is 0 Å². The molecule has 0 spiro atoms. The molecule has 1 atom stereocenters. The van der Waals surface area contributed by atoms with E-state index in [2.05, 4.69) is 5.32 Å². The Kier molecular flexibility index (Phi) is 4.08. The quantitative estimate of drug-likeness (QED) is 0.876. The van der Waals surface area contributed by atoms with Crippen molar-refractivity contribution in [1.82, 2.24) is 4.31 Å². The molecule has 0 radical (unpaired) electrons. The van der Waals surface area contributed by atoms with E-state index in [1.54, 1.807) is 12.1 Å². The predicted octanol–water partition coefficient (Wildman–Crippen LogP) is 0.536. The van der Waals surface area contributed by atoms with Crippen molar-refractivity contribution in [3.05, 3.63) is 24.3 Å². The van der Waals surface area contributed by atoms with Gasteiger partial charge in [0.2, 0.25) is 10.0 Å². The molecule has 1 aromatic rings. The molecular formula is C12H18N2O4S2. The standard InChI is InChI=1S/C12H18N2O4S2/c1-14(2)20(17,18)12-5-3-10(4-6-12)13-11-7-8-19(15,16)9-11/h3-6,11,13H,7-9H2,1-2H3. The third-order valence-corrected chi connectivity index (χ3v) is 6.83. The van der Waals surface area contributed by atoms with Crippen molar-refractivity contribution < 1.29 is 16.8 Å². The predicted molar refractivity (Wildman–Crippen MR) is 78.0 cm³/mol. The zero-order valence-corrected chi connectivity index (χ0v) is 13.0. The van der Waals surface area contributed by atoms with Crippen LogP contribution in [0.5, 0.6) is 0 Å². The van der Waals surface area contributed by atoms with E-state index >= 15 is 0 Å². The molecule has 0 aromatic heterocycles. The smallest absolute Gasteiger partial charge is 0.242 e. The van der Waals surface area contributed by atoms with Crippen LogP contribution >= 0.6 is 0 Å². The molecule has 112 valence electrons. The molecule has 1 aliphatic rings. The third-order valence-electron chi connectivity index (χ3n) is 3.24. The highest BCUT2D eigenvalue weighted by Crippen LogP contribution is 2.20. The molecule has 1 unspecified atom stereocenters. The van der Waals surface area contributed by atoms with Crippen LogP contribution in [0.3, 0.4) is 0 Å². The first-order valence-corrected chi connectivity index (χ1v) is 9.46. The summed E-state index contributed by atoms with van der Waals surface area (Å²) < 4.78 is 47.7. The van der Waals surface area contributed by atoms with Gasteiger partial charge in [-0.15, -0.1) is 0 Å². The Morgan fingerprint density at radius 1 is 1.20 bits per heavy atom. The second-order valence-electron chi connectivity index (χ2n) is 5.06. The minimum absolute atomic E-state index is 0.101. The molecule has 20 heavy (non-hydrogen) atoms. The van der Waals surface area contributed by atoms with Gasteiger partial charge in [0, 0.05) is 25.8 Å². The zero-order chi connectivity index (χ0) is 15.0. The summed E-state index contributed by atoms with van der Waals surface area (Å²) in [7, 11) is -3.40. The van der Waals surface area contributed by atoms with Gasteiger partial charge < -0.3 is 5.32 Å². The van der Waals surface area contributed by atoms with E-state index in [4.69, 9.17) is 0 Å². The maximum absolute atomic E-state index is 11.9. The average Bonchev–Trinajstić information content (AvgIpc) is 2.69. The number of anilines is 1. The second-order valence-corrected chi connectivity index (χ2v) is 9.44. The molecule has 1 saturated heterocycles. The van der Waals surface area contributed by atoms with E-state index in [-0.39, 0.29) is 22.4 Å². The first kappa shape index (κ1) is 15.3. The lowest BCUT2D eigenvalue weighted by Crippen LogP contribution is -2.22. The molecule has 0 saturated carbocycles. The number of benzene rings is 1. The first-order chi connectivity index (χ1) is 9.21. The summed E-state index contributed by atoms with van der Waals surface area (Å²) in [4.78, 5) is 0.215. The van der Waals surface area contributed by atoms with Crippen molar-refractivity contribution in [2.45, 2.75) is 17.4 Å². The normalized spacial score (nSPS) is 22.1. The Morgan fingerprint density at radius 3 is 2.25 bits per heavy atom. The van der Waals surface area contributed by atoms with Crippen LogP contribution in [0.2, 0.25) is 0 Å². The maximum Gasteiger partial charge on any atom is 0.242 e. The highest BCUT2D eigenvalue weighted by Gasteiger charge is 2.27. The summed E-state index contributed by atoms with van der Waals surface area (Å²) in [5, 5.41) is 3.12. The summed E-state index contributed by atoms with van der Waals surface area (Å²) >= 11 is 0. The van der Waals surface area contributed by atoms with E-state index in [1.807, 2.05) is 0 Å². The molecule has 0 bridgehead atoms. The summed E-state index contributed by atoms with van der Waals surface area (Å²) in [6.45, 7) is 0. The molecule has 1 aliphatic heterocycles. The van der Waals surface area contributed by atoms with Crippen molar-refractivity contribution in [2.24, 2.45) is 0 Å². The van der Waals surface area contributed by atoms with Crippen molar-refractivity contribution in [3.8, 4) is 0 Å². The van der Waals surface area contributed by atoms with Crippen LogP contribution in [0.25, 0.3) is 0 Å². The molecular weight excluding hydrogens is 300 g/mol. The van der Waals surface area contributed by atoms with Crippen LogP contribution in [0.15, 0.2) is 29.2 Å². The van der Waals surface area contributed by atoms with Crippen LogP contribution in [-0.2, 0) is 19.9 Å². The van der Waals surface area contributed by atoms with Crippen molar-refractivity contribution >= 4 is 25.5 Å². The highest BCUT2D eigenvalue weighted by molar-refractivity contribution is 7.91. The fourth-order valence-corrected chi connectivity index (χ4v) is 4.65. The van der Waals surface area contributed by atoms with Gasteiger partial charge in [0.05, 0.1) is 16.4 Å². The van der Waals surface area contributed by atoms with Crippen molar-refractivity contribution in [1.29, 1.82) is 0 Å². The fourth-order valence-electron chi connectivity index (χ4n) is 2.08. The van der Waals surface area contributed by atoms with Crippen LogP contribution in [0.1, 0.15) is 6.42 Å². The van der Waals surface area contributed by atoms with E-state index in [0.29, 0.717) is 6.42 Å². The molecule has 1 heterocycles. The number of sulfone groups is 1. The molecule has 8 heteroatoms. The highest BCUT2D eigenvalue weighted by atomic mass is 32.2. The van der Waals surface area contributed by atoms with Gasteiger partial charge in [-0.1, -0.05) is 0 Å². The minimum Gasteiger partial charge on any atom is -0.381 e. The lowest BCUT2D eigenvalue weighted by atomic mass is 10.2. The molecule has 0 amide bonds. The van der Waals surface area contributed by atoms with Gasteiger partial charge in [0.1, 0.15) is 0 Å². The fraction of sp³-hybridized carbons (Fsp3) is 0.500. The Hall–Kier alpha value is -1.12. The van der Waals surface area contributed by atoms with Crippen LogP contribution < -0.4 is 5.32 Å². The number of rotatable bonds is 4. The monoisotopic (exact) mass is 318 g/mol. The van der Waals surface area contributed by atoms with E-state index < -0.39 is 19.9 Å². The summed E-state index contributed by atoms with van der Waals surface area (Å²) in [6.07, 6.45) is 0.583. The van der Waals surface area contributed by atoms with Crippen LogP contribution in [0, 0.1) is 0 Å². The second kappa shape index (κ2) is 5.34. The Bertz CT molecular complexity index is 679. The Morgan fingerprint density at radius 2 is 1.80 bits per heavy atom. The molecule has 0 aliphatic carbocycles. The van der Waals surface area contributed by atoms with Gasteiger partial charge in [-0.25, -0.2) is 21.1 Å². The number of hydrogen-bond donors (Lipinski definition) is 1. The largest absolute Gasteiger partial charge is 0.381 e. The van der Waals surface area contributed by atoms with Gasteiger partial charge >= 0.3 is 0 Å². The Balaban J connectivity index is 2.10. The molecule has 2 rings (SSSR count). The minimum atomic E-state index is -3.43. The summed E-state index contributed by atoms with van der Waals surface area (Å²) in [5.74, 6) is 0.336. The van der Waals surface area contributed by atoms with E-state index in [0.717, 1.165) is 9.99 Å². The maximum atomic E-state index is 11.9. The van der Waals surface area contributed by atoms with E-state index in [1.165, 1.54) is 26.2 Å². The molecule has 1 aromatic carbocycles. The van der Waals surface area contributed by atoms with Gasteiger partial charge in [-0.05, 0) is 30.7 Å². The number of nitrogens with one attached hydrogen (secondary N) is 1. The molecule has 1 fully saturated rings. The van der Waals surface area contributed by atoms with E-state index in [9.17, 15) is 16.8 Å². The topological polar surface area (TPSA) is 83.6 Å². The lowest BCUT2D eigenvalue weighted by molar-refractivity contribution is 0.521. The number of nitrogens with zero attached hydrogens (tertiary/aromatic N) is 1. The van der Waals surface area contributed by atoms with Gasteiger partial charge in [0.25, 0.3) is 0 Å². The first-order valence-electron chi connectivity index (χ1n) is 6.20. The van der Waals surface area contributed by atoms with Crippen LogP contribution in [-0.4, -0.2) is 52.8 Å². The lowest BCUT2D eigenvalue weighted by Gasteiger charge is -2.14. The van der Waals surface area contributed by atoms with Crippen molar-refractivity contribution in [2.75, 3.05) is 30.9 Å². The zero-order valence-electron chi connectivity index (χ0n) is 11.4. The van der Waals surface area contributed by atoms with Crippen LogP contribution in [0.4, 0.5) is 5.69 Å².